The molecule has 0 unspecified atom stereocenters. The van der Waals surface area contributed by atoms with Gasteiger partial charge >= 0.3 is 0 Å². The van der Waals surface area contributed by atoms with E-state index in [0.717, 1.165) is 12.8 Å². The van der Waals surface area contributed by atoms with E-state index in [1.54, 1.807) is 0 Å². The zero-order valence-electron chi connectivity index (χ0n) is 10.9. The minimum atomic E-state index is -0.206. The SMILES string of the molecule is N#CC1(C(c2ccccc2)c2ccccc2)CCC1. The summed E-state index contributed by atoms with van der Waals surface area (Å²) in [7, 11) is 0. The van der Waals surface area contributed by atoms with Gasteiger partial charge in [-0.25, -0.2) is 0 Å². The van der Waals surface area contributed by atoms with Gasteiger partial charge in [-0.15, -0.1) is 0 Å². The van der Waals surface area contributed by atoms with Crippen LogP contribution < -0.4 is 0 Å². The van der Waals surface area contributed by atoms with Gasteiger partial charge in [0.1, 0.15) is 0 Å². The van der Waals surface area contributed by atoms with Crippen LogP contribution in [0.25, 0.3) is 0 Å². The van der Waals surface area contributed by atoms with Crippen LogP contribution >= 0.6 is 0 Å². The first-order valence-corrected chi connectivity index (χ1v) is 6.87. The Morgan fingerprint density at radius 1 is 0.842 bits per heavy atom. The number of hydrogen-bond donors (Lipinski definition) is 0. The molecule has 0 saturated heterocycles. The van der Waals surface area contributed by atoms with E-state index in [9.17, 15) is 5.26 Å². The summed E-state index contributed by atoms with van der Waals surface area (Å²) < 4.78 is 0. The summed E-state index contributed by atoms with van der Waals surface area (Å²) in [5, 5.41) is 9.68. The molecule has 19 heavy (non-hydrogen) atoms. The average molecular weight is 247 g/mol. The summed E-state index contributed by atoms with van der Waals surface area (Å²) in [6, 6.07) is 23.5. The van der Waals surface area contributed by atoms with Crippen molar-refractivity contribution < 1.29 is 0 Å². The van der Waals surface area contributed by atoms with Crippen LogP contribution in [0.3, 0.4) is 0 Å². The fourth-order valence-electron chi connectivity index (χ4n) is 3.14. The molecule has 2 aromatic carbocycles. The highest BCUT2D eigenvalue weighted by Gasteiger charge is 2.45. The lowest BCUT2D eigenvalue weighted by Crippen LogP contribution is -2.35. The lowest BCUT2D eigenvalue weighted by Gasteiger charge is -2.42. The van der Waals surface area contributed by atoms with Crippen molar-refractivity contribution in [2.45, 2.75) is 25.2 Å². The minimum Gasteiger partial charge on any atom is -0.198 e. The third-order valence-corrected chi connectivity index (χ3v) is 4.29. The van der Waals surface area contributed by atoms with Gasteiger partial charge in [0.05, 0.1) is 11.5 Å². The minimum absolute atomic E-state index is 0.202. The Hall–Kier alpha value is -2.07. The first kappa shape index (κ1) is 12.0. The van der Waals surface area contributed by atoms with E-state index in [1.165, 1.54) is 17.5 Å². The van der Waals surface area contributed by atoms with Crippen molar-refractivity contribution in [2.24, 2.45) is 5.41 Å². The van der Waals surface area contributed by atoms with Gasteiger partial charge in [-0.2, -0.15) is 5.26 Å². The summed E-state index contributed by atoms with van der Waals surface area (Å²) in [4.78, 5) is 0. The van der Waals surface area contributed by atoms with Crippen molar-refractivity contribution in [3.8, 4) is 6.07 Å². The number of rotatable bonds is 3. The fraction of sp³-hybridized carbons (Fsp3) is 0.278. The molecular formula is C18H17N. The summed E-state index contributed by atoms with van der Waals surface area (Å²) in [5.74, 6) is 0.202. The lowest BCUT2D eigenvalue weighted by atomic mass is 9.58. The molecule has 0 spiro atoms. The standard InChI is InChI=1S/C18H17N/c19-14-18(12-7-13-18)17(15-8-3-1-4-9-15)16-10-5-2-6-11-16/h1-6,8-11,17H,7,12-13H2. The molecule has 0 radical (unpaired) electrons. The van der Waals surface area contributed by atoms with Crippen LogP contribution in [-0.2, 0) is 0 Å². The second-order valence-corrected chi connectivity index (χ2v) is 5.38. The van der Waals surface area contributed by atoms with Gasteiger partial charge in [0, 0.05) is 5.92 Å². The van der Waals surface area contributed by atoms with Gasteiger partial charge in [-0.1, -0.05) is 67.1 Å². The van der Waals surface area contributed by atoms with Gasteiger partial charge in [-0.3, -0.25) is 0 Å². The van der Waals surface area contributed by atoms with Gasteiger partial charge in [0.25, 0.3) is 0 Å². The van der Waals surface area contributed by atoms with Crippen molar-refractivity contribution in [1.82, 2.24) is 0 Å². The summed E-state index contributed by atoms with van der Waals surface area (Å²) >= 11 is 0. The molecule has 0 aliphatic heterocycles. The maximum Gasteiger partial charge on any atom is 0.0699 e. The third-order valence-electron chi connectivity index (χ3n) is 4.29. The molecule has 2 aromatic rings. The largest absolute Gasteiger partial charge is 0.198 e. The van der Waals surface area contributed by atoms with Crippen LogP contribution in [0.1, 0.15) is 36.3 Å². The van der Waals surface area contributed by atoms with E-state index in [0.29, 0.717) is 0 Å². The van der Waals surface area contributed by atoms with Crippen molar-refractivity contribution in [1.29, 1.82) is 5.26 Å². The van der Waals surface area contributed by atoms with Crippen LogP contribution in [-0.4, -0.2) is 0 Å². The molecule has 94 valence electrons. The quantitative estimate of drug-likeness (QED) is 0.782. The van der Waals surface area contributed by atoms with Crippen LogP contribution in [0, 0.1) is 16.7 Å². The Bertz CT molecular complexity index is 537. The van der Waals surface area contributed by atoms with E-state index >= 15 is 0 Å². The molecule has 0 bridgehead atoms. The average Bonchev–Trinajstić information content (AvgIpc) is 2.44. The van der Waals surface area contributed by atoms with Gasteiger partial charge in [-0.05, 0) is 24.0 Å². The monoisotopic (exact) mass is 247 g/mol. The predicted molar refractivity (Wildman–Crippen MR) is 76.6 cm³/mol. The molecule has 1 nitrogen and oxygen atoms in total. The maximum absolute atomic E-state index is 9.68. The fourth-order valence-corrected chi connectivity index (χ4v) is 3.14. The normalized spacial score (nSPS) is 16.6. The maximum atomic E-state index is 9.68. The number of nitrogens with zero attached hydrogens (tertiary/aromatic N) is 1. The van der Waals surface area contributed by atoms with E-state index in [-0.39, 0.29) is 11.3 Å². The Kier molecular flexibility index (Phi) is 3.09. The van der Waals surface area contributed by atoms with E-state index in [2.05, 4.69) is 54.6 Å². The Labute approximate surface area is 114 Å². The molecule has 1 aliphatic rings. The molecule has 1 heteroatoms. The predicted octanol–water partition coefficient (Wildman–Crippen LogP) is 4.51. The van der Waals surface area contributed by atoms with Crippen LogP contribution in [0.15, 0.2) is 60.7 Å². The molecule has 3 rings (SSSR count). The highest BCUT2D eigenvalue weighted by molar-refractivity contribution is 5.38. The molecule has 1 aliphatic carbocycles. The van der Waals surface area contributed by atoms with Crippen molar-refractivity contribution >= 4 is 0 Å². The van der Waals surface area contributed by atoms with Gasteiger partial charge < -0.3 is 0 Å². The van der Waals surface area contributed by atoms with Crippen molar-refractivity contribution in [3.05, 3.63) is 71.8 Å². The molecule has 0 heterocycles. The highest BCUT2D eigenvalue weighted by atomic mass is 14.5. The Balaban J connectivity index is 2.10. The van der Waals surface area contributed by atoms with Crippen molar-refractivity contribution in [2.75, 3.05) is 0 Å². The summed E-state index contributed by atoms with van der Waals surface area (Å²) in [6.45, 7) is 0. The first-order chi connectivity index (χ1) is 9.36. The van der Waals surface area contributed by atoms with Crippen LogP contribution in [0.5, 0.6) is 0 Å². The molecule has 0 aromatic heterocycles. The Morgan fingerprint density at radius 3 is 1.63 bits per heavy atom. The van der Waals surface area contributed by atoms with Gasteiger partial charge in [0.2, 0.25) is 0 Å². The first-order valence-electron chi connectivity index (χ1n) is 6.87. The van der Waals surface area contributed by atoms with Crippen LogP contribution in [0.2, 0.25) is 0 Å². The Morgan fingerprint density at radius 2 is 1.32 bits per heavy atom. The number of hydrogen-bond acceptors (Lipinski definition) is 1. The second kappa shape index (κ2) is 4.90. The third kappa shape index (κ3) is 2.04. The summed E-state index contributed by atoms with van der Waals surface area (Å²) in [6.07, 6.45) is 3.19. The van der Waals surface area contributed by atoms with E-state index < -0.39 is 0 Å². The zero-order chi connectivity index (χ0) is 13.1. The molecule has 0 N–H and O–H groups in total. The second-order valence-electron chi connectivity index (χ2n) is 5.38. The van der Waals surface area contributed by atoms with E-state index in [1.807, 2.05) is 12.1 Å². The van der Waals surface area contributed by atoms with Crippen molar-refractivity contribution in [3.63, 3.8) is 0 Å². The highest BCUT2D eigenvalue weighted by Crippen LogP contribution is 2.53. The zero-order valence-corrected chi connectivity index (χ0v) is 10.9. The molecule has 0 atom stereocenters. The number of nitriles is 1. The van der Waals surface area contributed by atoms with Gasteiger partial charge in [0.15, 0.2) is 0 Å². The molecule has 1 fully saturated rings. The van der Waals surface area contributed by atoms with Crippen LogP contribution in [0.4, 0.5) is 0 Å². The summed E-state index contributed by atoms with van der Waals surface area (Å²) in [5.41, 5.74) is 2.31. The molecular weight excluding hydrogens is 230 g/mol. The topological polar surface area (TPSA) is 23.8 Å². The number of benzene rings is 2. The molecule has 1 saturated carbocycles. The smallest absolute Gasteiger partial charge is 0.0699 e. The lowest BCUT2D eigenvalue weighted by molar-refractivity contribution is 0.186. The van der Waals surface area contributed by atoms with E-state index in [4.69, 9.17) is 0 Å². The molecule has 0 amide bonds.